The van der Waals surface area contributed by atoms with Gasteiger partial charge in [0.1, 0.15) is 0 Å². The molecule has 0 aromatic rings. The van der Waals surface area contributed by atoms with Gasteiger partial charge in [-0.25, -0.2) is 0 Å². The maximum Gasteiger partial charge on any atom is 0.387 e. The van der Waals surface area contributed by atoms with Crippen LogP contribution in [0.15, 0.2) is 0 Å². The van der Waals surface area contributed by atoms with Crippen LogP contribution in [-0.2, 0) is 13.6 Å². The van der Waals surface area contributed by atoms with Crippen molar-refractivity contribution in [3.05, 3.63) is 0 Å². The van der Waals surface area contributed by atoms with Gasteiger partial charge in [0.15, 0.2) is 4.73 Å². The van der Waals surface area contributed by atoms with E-state index in [1.807, 2.05) is 0 Å². The minimum Gasteiger partial charge on any atom is -0.373 e. The van der Waals surface area contributed by atoms with Crippen LogP contribution < -0.4 is 5.32 Å². The van der Waals surface area contributed by atoms with Gasteiger partial charge < -0.3 is 14.4 Å². The van der Waals surface area contributed by atoms with Gasteiger partial charge in [0.05, 0.1) is 0 Å². The fourth-order valence-corrected chi connectivity index (χ4v) is 1.58. The van der Waals surface area contributed by atoms with Gasteiger partial charge in [-0.1, -0.05) is 12.2 Å². The van der Waals surface area contributed by atoms with E-state index in [9.17, 15) is 4.57 Å². The first-order chi connectivity index (χ1) is 4.60. The minimum atomic E-state index is -3.15. The van der Waals surface area contributed by atoms with Crippen molar-refractivity contribution in [1.29, 1.82) is 0 Å². The van der Waals surface area contributed by atoms with E-state index in [0.717, 1.165) is 0 Å². The molecule has 0 unspecified atom stereocenters. The second-order valence-corrected chi connectivity index (χ2v) is 4.30. The summed E-state index contributed by atoms with van der Waals surface area (Å²) >= 11 is 4.66. The molecular weight excluding hydrogens is 173 g/mol. The van der Waals surface area contributed by atoms with Crippen LogP contribution in [0, 0.1) is 0 Å². The molecule has 0 aromatic heterocycles. The third kappa shape index (κ3) is 2.02. The lowest BCUT2D eigenvalue weighted by atomic mass is 11.2. The van der Waals surface area contributed by atoms with Crippen molar-refractivity contribution >= 4 is 24.5 Å². The van der Waals surface area contributed by atoms with Gasteiger partial charge in [-0.2, -0.15) is 0 Å². The highest BCUT2D eigenvalue weighted by Crippen LogP contribution is 2.46. The SMILES string of the molecule is CNC(=S)P(=O)(OC)OC. The summed E-state index contributed by atoms with van der Waals surface area (Å²) < 4.78 is 20.5. The van der Waals surface area contributed by atoms with Crippen molar-refractivity contribution in [3.63, 3.8) is 0 Å². The van der Waals surface area contributed by atoms with Crippen molar-refractivity contribution in [3.8, 4) is 0 Å². The minimum absolute atomic E-state index is 0.0949. The first-order valence-electron chi connectivity index (χ1n) is 2.54. The number of thiocarbonyl (C=S) groups is 1. The van der Waals surface area contributed by atoms with Crippen molar-refractivity contribution in [1.82, 2.24) is 5.32 Å². The monoisotopic (exact) mass is 183 g/mol. The molecule has 0 atom stereocenters. The zero-order chi connectivity index (χ0) is 8.20. The zero-order valence-electron chi connectivity index (χ0n) is 6.08. The summed E-state index contributed by atoms with van der Waals surface area (Å²) in [6.07, 6.45) is 0. The molecule has 0 amide bonds. The van der Waals surface area contributed by atoms with E-state index in [0.29, 0.717) is 0 Å². The molecular formula is C4H10NO3PS. The van der Waals surface area contributed by atoms with Crippen LogP contribution in [0.5, 0.6) is 0 Å². The third-order valence-electron chi connectivity index (χ3n) is 0.943. The van der Waals surface area contributed by atoms with Crippen LogP contribution in [0.4, 0.5) is 0 Å². The highest BCUT2D eigenvalue weighted by molar-refractivity contribution is 7.97. The van der Waals surface area contributed by atoms with Gasteiger partial charge in [-0.05, 0) is 0 Å². The largest absolute Gasteiger partial charge is 0.387 e. The predicted octanol–water partition coefficient (Wildman–Crippen LogP) is 0.977. The van der Waals surface area contributed by atoms with E-state index in [-0.39, 0.29) is 4.73 Å². The summed E-state index contributed by atoms with van der Waals surface area (Å²) in [6.45, 7) is 0. The van der Waals surface area contributed by atoms with E-state index in [2.05, 4.69) is 26.6 Å². The number of rotatable bonds is 3. The zero-order valence-corrected chi connectivity index (χ0v) is 7.79. The maximum atomic E-state index is 11.2. The lowest BCUT2D eigenvalue weighted by molar-refractivity contribution is 0.290. The smallest absolute Gasteiger partial charge is 0.373 e. The predicted molar refractivity (Wildman–Crippen MR) is 43.3 cm³/mol. The number of hydrogen-bond donors (Lipinski definition) is 1. The van der Waals surface area contributed by atoms with Crippen LogP contribution >= 0.6 is 19.8 Å². The average molecular weight is 183 g/mol. The van der Waals surface area contributed by atoms with Crippen LogP contribution in [0.2, 0.25) is 0 Å². The fraction of sp³-hybridized carbons (Fsp3) is 0.750. The van der Waals surface area contributed by atoms with Crippen molar-refractivity contribution in [2.75, 3.05) is 21.3 Å². The highest BCUT2D eigenvalue weighted by Gasteiger charge is 2.26. The summed E-state index contributed by atoms with van der Waals surface area (Å²) in [5, 5.41) is 2.53. The van der Waals surface area contributed by atoms with E-state index in [1.165, 1.54) is 14.2 Å². The number of nitrogens with one attached hydrogen (secondary N) is 1. The second kappa shape index (κ2) is 4.03. The Bertz CT molecular complexity index is 164. The quantitative estimate of drug-likeness (QED) is 0.522. The summed E-state index contributed by atoms with van der Waals surface area (Å²) in [6, 6.07) is 0. The van der Waals surface area contributed by atoms with Gasteiger partial charge in [0, 0.05) is 21.3 Å². The summed E-state index contributed by atoms with van der Waals surface area (Å²) in [7, 11) is 0.982. The highest BCUT2D eigenvalue weighted by atomic mass is 32.1. The molecule has 0 heterocycles. The lowest BCUT2D eigenvalue weighted by Crippen LogP contribution is -2.17. The Morgan fingerprint density at radius 3 is 2.00 bits per heavy atom. The molecule has 0 aromatic carbocycles. The Kier molecular flexibility index (Phi) is 4.05. The molecule has 4 nitrogen and oxygen atoms in total. The van der Waals surface area contributed by atoms with Gasteiger partial charge in [0.25, 0.3) is 0 Å². The number of hydrogen-bond acceptors (Lipinski definition) is 4. The molecule has 0 rings (SSSR count). The first-order valence-corrected chi connectivity index (χ1v) is 4.49. The van der Waals surface area contributed by atoms with Gasteiger partial charge in [-0.3, -0.25) is 4.57 Å². The Balaban J connectivity index is 4.34. The molecule has 0 aliphatic carbocycles. The second-order valence-electron chi connectivity index (χ2n) is 1.42. The Labute approximate surface area is 65.4 Å². The topological polar surface area (TPSA) is 47.6 Å². The first kappa shape index (κ1) is 10.0. The normalized spacial score (nSPS) is 11.1. The molecule has 0 aliphatic rings. The van der Waals surface area contributed by atoms with Gasteiger partial charge >= 0.3 is 7.60 Å². The Hall–Kier alpha value is 0.0400. The Morgan fingerprint density at radius 1 is 1.50 bits per heavy atom. The molecule has 0 spiro atoms. The molecule has 0 fully saturated rings. The maximum absolute atomic E-state index is 11.2. The molecule has 10 heavy (non-hydrogen) atoms. The van der Waals surface area contributed by atoms with Crippen molar-refractivity contribution < 1.29 is 13.6 Å². The molecule has 6 heteroatoms. The van der Waals surface area contributed by atoms with Crippen molar-refractivity contribution in [2.45, 2.75) is 0 Å². The summed E-state index contributed by atoms with van der Waals surface area (Å²) in [4.78, 5) is 0. The van der Waals surface area contributed by atoms with Crippen LogP contribution in [-0.4, -0.2) is 26.0 Å². The molecule has 1 N–H and O–H groups in total. The Morgan fingerprint density at radius 2 is 1.90 bits per heavy atom. The molecule has 0 bridgehead atoms. The molecule has 0 radical (unpaired) electrons. The van der Waals surface area contributed by atoms with Crippen LogP contribution in [0.1, 0.15) is 0 Å². The van der Waals surface area contributed by atoms with Crippen LogP contribution in [0.25, 0.3) is 0 Å². The van der Waals surface area contributed by atoms with E-state index >= 15 is 0 Å². The van der Waals surface area contributed by atoms with E-state index < -0.39 is 7.60 Å². The van der Waals surface area contributed by atoms with Crippen LogP contribution in [0.3, 0.4) is 0 Å². The van der Waals surface area contributed by atoms with Crippen molar-refractivity contribution in [2.24, 2.45) is 0 Å². The molecule has 0 saturated heterocycles. The molecule has 0 aliphatic heterocycles. The summed E-state index contributed by atoms with van der Waals surface area (Å²) in [5.41, 5.74) is 0. The van der Waals surface area contributed by atoms with Gasteiger partial charge in [0.2, 0.25) is 0 Å². The molecule has 60 valence electrons. The molecule has 0 saturated carbocycles. The van der Waals surface area contributed by atoms with Gasteiger partial charge in [-0.15, -0.1) is 0 Å². The average Bonchev–Trinajstić information content (AvgIpc) is 2.01. The fourth-order valence-electron chi connectivity index (χ4n) is 0.377. The summed E-state index contributed by atoms with van der Waals surface area (Å²) in [5.74, 6) is 0. The third-order valence-corrected chi connectivity index (χ3v) is 3.50. The lowest BCUT2D eigenvalue weighted by Gasteiger charge is -2.12. The van der Waals surface area contributed by atoms with E-state index in [1.54, 1.807) is 7.05 Å². The standard InChI is InChI=1S/C4H10NO3PS/c1-5-4(10)9(6,7-2)8-3/h1-3H3,(H,5,10). The van der Waals surface area contributed by atoms with E-state index in [4.69, 9.17) is 0 Å².